The molecule has 150 valence electrons. The van der Waals surface area contributed by atoms with Gasteiger partial charge < -0.3 is 4.74 Å². The lowest BCUT2D eigenvalue weighted by atomic mass is 9.96. The van der Waals surface area contributed by atoms with E-state index in [1.807, 2.05) is 26.0 Å². The minimum absolute atomic E-state index is 0.0903. The average molecular weight is 412 g/mol. The van der Waals surface area contributed by atoms with Crippen LogP contribution >= 0.6 is 0 Å². The summed E-state index contributed by atoms with van der Waals surface area (Å²) in [7, 11) is -2.75. The third kappa shape index (κ3) is 3.54. The normalized spacial score (nSPS) is 15.8. The van der Waals surface area contributed by atoms with Crippen molar-refractivity contribution < 1.29 is 21.7 Å². The smallest absolute Gasteiger partial charge is 0.297 e. The van der Waals surface area contributed by atoms with Crippen molar-refractivity contribution in [3.05, 3.63) is 82.7 Å². The van der Waals surface area contributed by atoms with E-state index in [-0.39, 0.29) is 10.7 Å². The molecule has 0 aliphatic carbocycles. The SMILES string of the molecule is COS(=O)(=O)c1ccc(C)cc1C1Cc2cc(C)cc(-c3ccccc3F)c2O1. The average Bonchev–Trinajstić information content (AvgIpc) is 3.11. The largest absolute Gasteiger partial charge is 0.484 e. The molecule has 1 heterocycles. The highest BCUT2D eigenvalue weighted by Gasteiger charge is 2.32. The van der Waals surface area contributed by atoms with Gasteiger partial charge in [-0.25, -0.2) is 4.39 Å². The van der Waals surface area contributed by atoms with Crippen molar-refractivity contribution in [2.75, 3.05) is 7.11 Å². The Balaban J connectivity index is 1.83. The Bertz CT molecular complexity index is 1200. The number of halogens is 1. The molecule has 0 saturated heterocycles. The predicted molar refractivity (Wildman–Crippen MR) is 109 cm³/mol. The molecule has 29 heavy (non-hydrogen) atoms. The van der Waals surface area contributed by atoms with Gasteiger partial charge in [-0.3, -0.25) is 4.18 Å². The zero-order chi connectivity index (χ0) is 20.8. The van der Waals surface area contributed by atoms with E-state index < -0.39 is 16.2 Å². The number of aryl methyl sites for hydroxylation is 2. The van der Waals surface area contributed by atoms with Crippen LogP contribution in [-0.2, 0) is 20.7 Å². The van der Waals surface area contributed by atoms with E-state index in [2.05, 4.69) is 0 Å². The second kappa shape index (κ2) is 7.28. The van der Waals surface area contributed by atoms with Crippen LogP contribution < -0.4 is 4.74 Å². The van der Waals surface area contributed by atoms with Crippen molar-refractivity contribution in [1.29, 1.82) is 0 Å². The highest BCUT2D eigenvalue weighted by molar-refractivity contribution is 7.86. The molecular weight excluding hydrogens is 391 g/mol. The van der Waals surface area contributed by atoms with Gasteiger partial charge in [-0.1, -0.05) is 42.0 Å². The molecule has 4 rings (SSSR count). The zero-order valence-corrected chi connectivity index (χ0v) is 17.2. The van der Waals surface area contributed by atoms with Gasteiger partial charge in [0, 0.05) is 23.1 Å². The molecule has 0 N–H and O–H groups in total. The van der Waals surface area contributed by atoms with Gasteiger partial charge in [0.1, 0.15) is 22.6 Å². The lowest BCUT2D eigenvalue weighted by Gasteiger charge is -2.17. The van der Waals surface area contributed by atoms with Crippen molar-refractivity contribution in [1.82, 2.24) is 0 Å². The molecule has 1 aliphatic heterocycles. The van der Waals surface area contributed by atoms with Crippen LogP contribution in [0.3, 0.4) is 0 Å². The zero-order valence-electron chi connectivity index (χ0n) is 16.4. The highest BCUT2D eigenvalue weighted by Crippen LogP contribution is 2.45. The molecule has 1 aliphatic rings. The van der Waals surface area contributed by atoms with Crippen LogP contribution in [0.25, 0.3) is 11.1 Å². The van der Waals surface area contributed by atoms with Crippen molar-refractivity contribution in [2.24, 2.45) is 0 Å². The van der Waals surface area contributed by atoms with Crippen molar-refractivity contribution in [3.8, 4) is 16.9 Å². The fourth-order valence-electron chi connectivity index (χ4n) is 3.81. The van der Waals surface area contributed by atoms with Crippen LogP contribution in [0.1, 0.15) is 28.4 Å². The minimum Gasteiger partial charge on any atom is -0.484 e. The topological polar surface area (TPSA) is 52.6 Å². The van der Waals surface area contributed by atoms with Gasteiger partial charge in [0.15, 0.2) is 0 Å². The molecule has 1 atom stereocenters. The van der Waals surface area contributed by atoms with Crippen LogP contribution in [-0.4, -0.2) is 15.5 Å². The Morgan fingerprint density at radius 2 is 1.76 bits per heavy atom. The molecule has 1 unspecified atom stereocenters. The monoisotopic (exact) mass is 412 g/mol. The fourth-order valence-corrected chi connectivity index (χ4v) is 4.71. The van der Waals surface area contributed by atoms with Crippen LogP contribution in [0.2, 0.25) is 0 Å². The van der Waals surface area contributed by atoms with Gasteiger partial charge in [-0.2, -0.15) is 8.42 Å². The summed E-state index contributed by atoms with van der Waals surface area (Å²) in [6.07, 6.45) is -0.00844. The second-order valence-electron chi connectivity index (χ2n) is 7.25. The summed E-state index contributed by atoms with van der Waals surface area (Å²) in [5.41, 5.74) is 4.50. The molecule has 0 amide bonds. The maximum atomic E-state index is 14.5. The number of ether oxygens (including phenoxy) is 1. The Hall–Kier alpha value is -2.70. The van der Waals surface area contributed by atoms with Crippen LogP contribution in [0.5, 0.6) is 5.75 Å². The molecule has 4 nitrogen and oxygen atoms in total. The Labute approximate surface area is 170 Å². The number of fused-ring (bicyclic) bond motifs is 1. The first-order valence-electron chi connectivity index (χ1n) is 9.26. The molecule has 0 bridgehead atoms. The summed E-state index contributed by atoms with van der Waals surface area (Å²) in [4.78, 5) is 0.0903. The van der Waals surface area contributed by atoms with Crippen molar-refractivity contribution in [3.63, 3.8) is 0 Å². The molecule has 6 heteroatoms. The van der Waals surface area contributed by atoms with E-state index in [4.69, 9.17) is 8.92 Å². The lowest BCUT2D eigenvalue weighted by molar-refractivity contribution is 0.235. The summed E-state index contributed by atoms with van der Waals surface area (Å²) < 4.78 is 50.3. The molecule has 0 saturated carbocycles. The number of hydrogen-bond donors (Lipinski definition) is 0. The van der Waals surface area contributed by atoms with Crippen LogP contribution in [0.15, 0.2) is 59.5 Å². The summed E-state index contributed by atoms with van der Waals surface area (Å²) in [6, 6.07) is 15.5. The van der Waals surface area contributed by atoms with Crippen LogP contribution in [0, 0.1) is 19.7 Å². The maximum absolute atomic E-state index is 14.5. The standard InChI is InChI=1S/C23H21FO4S/c1-14-8-9-22(29(25,26)27-3)19(11-14)21-13-16-10-15(2)12-18(23(16)28-21)17-6-4-5-7-20(17)24/h4-12,21H,13H2,1-3H3. The van der Waals surface area contributed by atoms with Gasteiger partial charge in [0.05, 0.1) is 7.11 Å². The van der Waals surface area contributed by atoms with Gasteiger partial charge in [0.25, 0.3) is 10.1 Å². The van der Waals surface area contributed by atoms with Gasteiger partial charge in [-0.05, 0) is 43.2 Å². The minimum atomic E-state index is -3.89. The summed E-state index contributed by atoms with van der Waals surface area (Å²) in [5.74, 6) is 0.263. The first kappa shape index (κ1) is 19.6. The summed E-state index contributed by atoms with van der Waals surface area (Å²) >= 11 is 0. The highest BCUT2D eigenvalue weighted by atomic mass is 32.2. The van der Waals surface area contributed by atoms with E-state index in [9.17, 15) is 12.8 Å². The van der Waals surface area contributed by atoms with E-state index in [0.29, 0.717) is 28.9 Å². The summed E-state index contributed by atoms with van der Waals surface area (Å²) in [5, 5.41) is 0. The maximum Gasteiger partial charge on any atom is 0.297 e. The fraction of sp³-hybridized carbons (Fsp3) is 0.217. The molecule has 0 spiro atoms. The molecule has 0 aromatic heterocycles. The molecular formula is C23H21FO4S. The predicted octanol–water partition coefficient (Wildman–Crippen LogP) is 5.12. The van der Waals surface area contributed by atoms with E-state index >= 15 is 0 Å². The Morgan fingerprint density at radius 3 is 2.48 bits per heavy atom. The van der Waals surface area contributed by atoms with E-state index in [0.717, 1.165) is 23.8 Å². The molecule has 3 aromatic carbocycles. The van der Waals surface area contributed by atoms with Crippen molar-refractivity contribution in [2.45, 2.75) is 31.3 Å². The first-order chi connectivity index (χ1) is 13.8. The third-order valence-corrected chi connectivity index (χ3v) is 6.49. The Morgan fingerprint density at radius 1 is 1.00 bits per heavy atom. The molecule has 0 radical (unpaired) electrons. The van der Waals surface area contributed by atoms with Gasteiger partial charge in [-0.15, -0.1) is 0 Å². The Kier molecular flexibility index (Phi) is 4.92. The molecule has 0 fully saturated rings. The van der Waals surface area contributed by atoms with Crippen LogP contribution in [0.4, 0.5) is 4.39 Å². The lowest BCUT2D eigenvalue weighted by Crippen LogP contribution is -2.12. The number of benzene rings is 3. The molecule has 3 aromatic rings. The van der Waals surface area contributed by atoms with Gasteiger partial charge in [0.2, 0.25) is 0 Å². The van der Waals surface area contributed by atoms with E-state index in [1.54, 1.807) is 36.4 Å². The number of rotatable bonds is 4. The number of hydrogen-bond acceptors (Lipinski definition) is 4. The quantitative estimate of drug-likeness (QED) is 0.558. The first-order valence-corrected chi connectivity index (χ1v) is 10.7. The summed E-state index contributed by atoms with van der Waals surface area (Å²) in [6.45, 7) is 3.84. The third-order valence-electron chi connectivity index (χ3n) is 5.14. The second-order valence-corrected chi connectivity index (χ2v) is 8.93. The van der Waals surface area contributed by atoms with Gasteiger partial charge >= 0.3 is 0 Å². The van der Waals surface area contributed by atoms with Crippen molar-refractivity contribution >= 4 is 10.1 Å². The van der Waals surface area contributed by atoms with E-state index in [1.165, 1.54) is 6.07 Å².